The lowest BCUT2D eigenvalue weighted by Gasteiger charge is -2.07. The van der Waals surface area contributed by atoms with Crippen LogP contribution in [0.15, 0.2) is 34.2 Å². The summed E-state index contributed by atoms with van der Waals surface area (Å²) in [5.41, 5.74) is 0.936. The quantitative estimate of drug-likeness (QED) is 0.923. The Bertz CT molecular complexity index is 599. The minimum atomic E-state index is -0.260. The van der Waals surface area contributed by atoms with Crippen LogP contribution in [0.25, 0.3) is 0 Å². The highest BCUT2D eigenvalue weighted by Crippen LogP contribution is 2.34. The van der Waals surface area contributed by atoms with E-state index in [0.29, 0.717) is 11.7 Å². The van der Waals surface area contributed by atoms with Crippen molar-refractivity contribution < 1.29 is 9.53 Å². The van der Waals surface area contributed by atoms with E-state index in [4.69, 9.17) is 4.74 Å². The number of rotatable bonds is 2. The molecular formula is C12H9BrN2O2S. The number of thiazole rings is 1. The Morgan fingerprint density at radius 1 is 1.50 bits per heavy atom. The van der Waals surface area contributed by atoms with Gasteiger partial charge in [-0.2, -0.15) is 0 Å². The second kappa shape index (κ2) is 4.70. The van der Waals surface area contributed by atoms with E-state index in [-0.39, 0.29) is 11.8 Å². The molecule has 0 bridgehead atoms. The summed E-state index contributed by atoms with van der Waals surface area (Å²) >= 11 is 4.70. The van der Waals surface area contributed by atoms with Gasteiger partial charge >= 0.3 is 0 Å². The number of benzene rings is 1. The highest BCUT2D eigenvalue weighted by atomic mass is 79.9. The van der Waals surface area contributed by atoms with Gasteiger partial charge in [-0.3, -0.25) is 4.79 Å². The summed E-state index contributed by atoms with van der Waals surface area (Å²) in [5.74, 6) is 0.448. The number of aromatic nitrogens is 1. The summed E-state index contributed by atoms with van der Waals surface area (Å²) in [6.45, 7) is 0.387. The number of amides is 1. The lowest BCUT2D eigenvalue weighted by Crippen LogP contribution is -2.22. The van der Waals surface area contributed by atoms with Crippen molar-refractivity contribution in [3.63, 3.8) is 0 Å². The molecule has 2 heterocycles. The van der Waals surface area contributed by atoms with Gasteiger partial charge in [0.05, 0.1) is 9.98 Å². The lowest BCUT2D eigenvalue weighted by atomic mass is 10.0. The first-order valence-electron chi connectivity index (χ1n) is 5.38. The maximum Gasteiger partial charge on any atom is 0.237 e. The maximum absolute atomic E-state index is 12.1. The standard InChI is InChI=1S/C12H9BrN2O2S/c13-10-5-14-12(18-10)15-11(16)8-6-17-9-4-2-1-3-7(8)9/h1-5,8H,6H2,(H,14,15,16). The van der Waals surface area contributed by atoms with Crippen LogP contribution in [0.5, 0.6) is 5.75 Å². The van der Waals surface area contributed by atoms with Crippen molar-refractivity contribution in [2.45, 2.75) is 5.92 Å². The van der Waals surface area contributed by atoms with E-state index >= 15 is 0 Å². The number of nitrogens with one attached hydrogen (secondary N) is 1. The van der Waals surface area contributed by atoms with E-state index in [9.17, 15) is 4.79 Å². The highest BCUT2D eigenvalue weighted by Gasteiger charge is 2.30. The van der Waals surface area contributed by atoms with Gasteiger partial charge in [-0.05, 0) is 22.0 Å². The van der Waals surface area contributed by atoms with E-state index < -0.39 is 0 Å². The zero-order valence-corrected chi connectivity index (χ0v) is 11.6. The molecule has 0 fully saturated rings. The molecule has 1 amide bonds. The van der Waals surface area contributed by atoms with Crippen molar-refractivity contribution in [1.29, 1.82) is 0 Å². The second-order valence-corrected chi connectivity index (χ2v) is 6.27. The van der Waals surface area contributed by atoms with Crippen LogP contribution in [-0.2, 0) is 4.79 Å². The third kappa shape index (κ3) is 2.13. The van der Waals surface area contributed by atoms with Crippen LogP contribution in [0.3, 0.4) is 0 Å². The zero-order chi connectivity index (χ0) is 12.5. The fraction of sp³-hybridized carbons (Fsp3) is 0.167. The summed E-state index contributed by atoms with van der Waals surface area (Å²) in [4.78, 5) is 16.2. The molecule has 2 aromatic rings. The molecule has 1 aliphatic rings. The van der Waals surface area contributed by atoms with E-state index in [1.165, 1.54) is 11.3 Å². The predicted molar refractivity (Wildman–Crippen MR) is 73.1 cm³/mol. The molecule has 0 aliphatic carbocycles. The molecule has 1 aliphatic heterocycles. The van der Waals surface area contributed by atoms with Crippen LogP contribution < -0.4 is 10.1 Å². The van der Waals surface area contributed by atoms with Crippen LogP contribution >= 0.6 is 27.3 Å². The third-order valence-electron chi connectivity index (χ3n) is 2.72. The predicted octanol–water partition coefficient (Wildman–Crippen LogP) is 3.02. The zero-order valence-electron chi connectivity index (χ0n) is 9.22. The van der Waals surface area contributed by atoms with Crippen LogP contribution in [0.4, 0.5) is 5.13 Å². The smallest absolute Gasteiger partial charge is 0.237 e. The van der Waals surface area contributed by atoms with Crippen molar-refractivity contribution in [1.82, 2.24) is 4.98 Å². The molecule has 0 saturated heterocycles. The van der Waals surface area contributed by atoms with Crippen LogP contribution in [0.2, 0.25) is 0 Å². The van der Waals surface area contributed by atoms with Gasteiger partial charge < -0.3 is 10.1 Å². The average molecular weight is 325 g/mol. The summed E-state index contributed by atoms with van der Waals surface area (Å²) in [5, 5.41) is 3.40. The van der Waals surface area contributed by atoms with Gasteiger partial charge in [0.1, 0.15) is 18.3 Å². The van der Waals surface area contributed by atoms with E-state index in [2.05, 4.69) is 26.2 Å². The molecule has 18 heavy (non-hydrogen) atoms. The number of anilines is 1. The summed E-state index contributed by atoms with van der Waals surface area (Å²) < 4.78 is 6.38. The average Bonchev–Trinajstić information content (AvgIpc) is 2.95. The van der Waals surface area contributed by atoms with Gasteiger partial charge in [0.2, 0.25) is 5.91 Å². The molecule has 4 nitrogen and oxygen atoms in total. The van der Waals surface area contributed by atoms with Crippen LogP contribution in [0.1, 0.15) is 11.5 Å². The first kappa shape index (κ1) is 11.7. The Hall–Kier alpha value is -1.40. The first-order chi connectivity index (χ1) is 8.74. The van der Waals surface area contributed by atoms with Crippen molar-refractivity contribution in [3.05, 3.63) is 39.8 Å². The Kier molecular flexibility index (Phi) is 3.05. The molecule has 6 heteroatoms. The number of ether oxygens (including phenoxy) is 1. The second-order valence-electron chi connectivity index (χ2n) is 3.86. The van der Waals surface area contributed by atoms with Crippen molar-refractivity contribution in [2.24, 2.45) is 0 Å². The largest absolute Gasteiger partial charge is 0.492 e. The van der Waals surface area contributed by atoms with E-state index in [1.54, 1.807) is 6.20 Å². The molecule has 3 rings (SSSR count). The number of hydrogen-bond donors (Lipinski definition) is 1. The van der Waals surface area contributed by atoms with Gasteiger partial charge in [-0.1, -0.05) is 29.5 Å². The molecule has 0 saturated carbocycles. The van der Waals surface area contributed by atoms with Crippen molar-refractivity contribution >= 4 is 38.3 Å². The molecule has 0 spiro atoms. The lowest BCUT2D eigenvalue weighted by molar-refractivity contribution is -0.117. The minimum absolute atomic E-state index is 0.0817. The number of halogens is 1. The Balaban J connectivity index is 1.78. The van der Waals surface area contributed by atoms with Crippen LogP contribution in [0, 0.1) is 0 Å². The summed E-state index contributed by atoms with van der Waals surface area (Å²) in [6, 6.07) is 7.61. The highest BCUT2D eigenvalue weighted by molar-refractivity contribution is 9.11. The molecular weight excluding hydrogens is 316 g/mol. The fourth-order valence-corrected chi connectivity index (χ4v) is 2.99. The molecule has 1 N–H and O–H groups in total. The number of hydrogen-bond acceptors (Lipinski definition) is 4. The molecule has 92 valence electrons. The monoisotopic (exact) mass is 324 g/mol. The third-order valence-corrected chi connectivity index (χ3v) is 4.12. The summed E-state index contributed by atoms with van der Waals surface area (Å²) in [7, 11) is 0. The SMILES string of the molecule is O=C(Nc1ncc(Br)s1)C1COc2ccccc21. The van der Waals surface area contributed by atoms with E-state index in [1.807, 2.05) is 24.3 Å². The number of para-hydroxylation sites is 1. The number of carbonyl (C=O) groups excluding carboxylic acids is 1. The number of carbonyl (C=O) groups is 1. The molecule has 1 aromatic carbocycles. The first-order valence-corrected chi connectivity index (χ1v) is 6.99. The molecule has 0 radical (unpaired) electrons. The number of nitrogens with zero attached hydrogens (tertiary/aromatic N) is 1. The Labute approximate surface area is 116 Å². The van der Waals surface area contributed by atoms with Gasteiger partial charge in [-0.15, -0.1) is 0 Å². The topological polar surface area (TPSA) is 51.2 Å². The maximum atomic E-state index is 12.1. The van der Waals surface area contributed by atoms with E-state index in [0.717, 1.165) is 15.1 Å². The molecule has 1 atom stereocenters. The van der Waals surface area contributed by atoms with Gasteiger partial charge in [0.15, 0.2) is 5.13 Å². The van der Waals surface area contributed by atoms with Crippen molar-refractivity contribution in [2.75, 3.05) is 11.9 Å². The minimum Gasteiger partial charge on any atom is -0.492 e. The Morgan fingerprint density at radius 3 is 3.11 bits per heavy atom. The van der Waals surface area contributed by atoms with Gasteiger partial charge in [-0.25, -0.2) is 4.98 Å². The normalized spacial score (nSPS) is 17.1. The Morgan fingerprint density at radius 2 is 2.33 bits per heavy atom. The molecule has 1 unspecified atom stereocenters. The summed E-state index contributed by atoms with van der Waals surface area (Å²) in [6.07, 6.45) is 1.67. The fourth-order valence-electron chi connectivity index (χ4n) is 1.88. The van der Waals surface area contributed by atoms with Crippen molar-refractivity contribution in [3.8, 4) is 5.75 Å². The number of fused-ring (bicyclic) bond motifs is 1. The molecule has 1 aromatic heterocycles. The van der Waals surface area contributed by atoms with Crippen LogP contribution in [-0.4, -0.2) is 17.5 Å². The van der Waals surface area contributed by atoms with Gasteiger partial charge in [0, 0.05) is 5.56 Å². The van der Waals surface area contributed by atoms with Gasteiger partial charge in [0.25, 0.3) is 0 Å².